The van der Waals surface area contributed by atoms with E-state index in [4.69, 9.17) is 5.11 Å². The first-order chi connectivity index (χ1) is 10.3. The summed E-state index contributed by atoms with van der Waals surface area (Å²) in [5.41, 5.74) is 2.54. The summed E-state index contributed by atoms with van der Waals surface area (Å²) in [5.74, 6) is 0.0934. The standard InChI is InChI=1S/C19H16O2/c20-13-14-8-10-16(11-9-14)19(21)12-17-6-3-5-15-4-1-2-7-18(15)17/h1-11,20H,12-13H2. The molecule has 0 amide bonds. The lowest BCUT2D eigenvalue weighted by Crippen LogP contribution is -2.04. The highest BCUT2D eigenvalue weighted by Gasteiger charge is 2.09. The molecule has 21 heavy (non-hydrogen) atoms. The van der Waals surface area contributed by atoms with Crippen LogP contribution in [-0.4, -0.2) is 10.9 Å². The molecule has 0 unspecified atom stereocenters. The van der Waals surface area contributed by atoms with E-state index in [1.807, 2.05) is 30.3 Å². The number of ketones is 1. The monoisotopic (exact) mass is 276 g/mol. The summed E-state index contributed by atoms with van der Waals surface area (Å²) >= 11 is 0. The van der Waals surface area contributed by atoms with Crippen LogP contribution in [0.4, 0.5) is 0 Å². The molecule has 3 rings (SSSR count). The van der Waals surface area contributed by atoms with E-state index in [9.17, 15) is 4.79 Å². The zero-order valence-electron chi connectivity index (χ0n) is 11.6. The Labute approximate surface area is 123 Å². The first-order valence-electron chi connectivity index (χ1n) is 6.97. The molecule has 1 N–H and O–H groups in total. The molecule has 3 aromatic rings. The van der Waals surface area contributed by atoms with Crippen molar-refractivity contribution in [3.8, 4) is 0 Å². The van der Waals surface area contributed by atoms with Crippen LogP contribution in [0.25, 0.3) is 10.8 Å². The average molecular weight is 276 g/mol. The SMILES string of the molecule is O=C(Cc1cccc2ccccc12)c1ccc(CO)cc1. The molecule has 0 aromatic heterocycles. The van der Waals surface area contributed by atoms with E-state index in [-0.39, 0.29) is 12.4 Å². The summed E-state index contributed by atoms with van der Waals surface area (Å²) in [6.45, 7) is -0.00219. The van der Waals surface area contributed by atoms with Crippen LogP contribution >= 0.6 is 0 Å². The predicted octanol–water partition coefficient (Wildman–Crippen LogP) is 3.76. The molecule has 0 bridgehead atoms. The van der Waals surface area contributed by atoms with Gasteiger partial charge >= 0.3 is 0 Å². The minimum absolute atomic E-state index is 0.00219. The Morgan fingerprint density at radius 3 is 2.33 bits per heavy atom. The smallest absolute Gasteiger partial charge is 0.167 e. The minimum Gasteiger partial charge on any atom is -0.392 e. The van der Waals surface area contributed by atoms with E-state index < -0.39 is 0 Å². The number of carbonyl (C=O) groups is 1. The van der Waals surface area contributed by atoms with Crippen LogP contribution in [0.15, 0.2) is 66.7 Å². The molecule has 0 aliphatic rings. The number of rotatable bonds is 4. The van der Waals surface area contributed by atoms with Gasteiger partial charge < -0.3 is 5.11 Å². The quantitative estimate of drug-likeness (QED) is 0.737. The summed E-state index contributed by atoms with van der Waals surface area (Å²) in [6.07, 6.45) is 0.389. The number of hydrogen-bond acceptors (Lipinski definition) is 2. The van der Waals surface area contributed by atoms with Gasteiger partial charge in [0.05, 0.1) is 6.61 Å². The lowest BCUT2D eigenvalue weighted by Gasteiger charge is -2.06. The average Bonchev–Trinajstić information content (AvgIpc) is 2.55. The fourth-order valence-corrected chi connectivity index (χ4v) is 2.52. The fraction of sp³-hybridized carbons (Fsp3) is 0.105. The molecule has 0 atom stereocenters. The van der Waals surface area contributed by atoms with Crippen molar-refractivity contribution in [2.24, 2.45) is 0 Å². The Kier molecular flexibility index (Phi) is 3.80. The van der Waals surface area contributed by atoms with Gasteiger partial charge in [0.15, 0.2) is 5.78 Å². The molecule has 3 aromatic carbocycles. The van der Waals surface area contributed by atoms with Crippen LogP contribution < -0.4 is 0 Å². The van der Waals surface area contributed by atoms with Crippen molar-refractivity contribution < 1.29 is 9.90 Å². The summed E-state index contributed by atoms with van der Waals surface area (Å²) in [5, 5.41) is 11.3. The van der Waals surface area contributed by atoms with Gasteiger partial charge in [0.2, 0.25) is 0 Å². The van der Waals surface area contributed by atoms with Crippen LogP contribution in [0, 0.1) is 0 Å². The Morgan fingerprint density at radius 1 is 0.857 bits per heavy atom. The number of fused-ring (bicyclic) bond motifs is 1. The Morgan fingerprint density at radius 2 is 1.57 bits per heavy atom. The van der Waals surface area contributed by atoms with Crippen LogP contribution in [0.5, 0.6) is 0 Å². The van der Waals surface area contributed by atoms with Gasteiger partial charge in [-0.2, -0.15) is 0 Å². The number of benzene rings is 3. The van der Waals surface area contributed by atoms with Crippen molar-refractivity contribution in [1.29, 1.82) is 0 Å². The van der Waals surface area contributed by atoms with E-state index in [0.29, 0.717) is 12.0 Å². The largest absolute Gasteiger partial charge is 0.392 e. The zero-order valence-corrected chi connectivity index (χ0v) is 11.6. The highest BCUT2D eigenvalue weighted by atomic mass is 16.3. The first-order valence-corrected chi connectivity index (χ1v) is 6.97. The molecule has 0 spiro atoms. The van der Waals surface area contributed by atoms with Gasteiger partial charge in [0.25, 0.3) is 0 Å². The molecule has 0 aliphatic heterocycles. The van der Waals surface area contributed by atoms with Crippen LogP contribution in [0.1, 0.15) is 21.5 Å². The summed E-state index contributed by atoms with van der Waals surface area (Å²) < 4.78 is 0. The van der Waals surface area contributed by atoms with Gasteiger partial charge in [0, 0.05) is 12.0 Å². The molecule has 0 fully saturated rings. The molecule has 2 nitrogen and oxygen atoms in total. The molecular formula is C19H16O2. The maximum atomic E-state index is 12.4. The topological polar surface area (TPSA) is 37.3 Å². The summed E-state index contributed by atoms with van der Waals surface area (Å²) in [7, 11) is 0. The highest BCUT2D eigenvalue weighted by Crippen LogP contribution is 2.20. The van der Waals surface area contributed by atoms with Crippen LogP contribution in [0.2, 0.25) is 0 Å². The normalized spacial score (nSPS) is 10.7. The second kappa shape index (κ2) is 5.90. The Hall–Kier alpha value is -2.45. The highest BCUT2D eigenvalue weighted by molar-refractivity contribution is 6.00. The molecule has 2 heteroatoms. The predicted molar refractivity (Wildman–Crippen MR) is 84.3 cm³/mol. The zero-order chi connectivity index (χ0) is 14.7. The molecule has 0 heterocycles. The van der Waals surface area contributed by atoms with Gasteiger partial charge in [0.1, 0.15) is 0 Å². The molecule has 0 saturated carbocycles. The maximum Gasteiger partial charge on any atom is 0.167 e. The van der Waals surface area contributed by atoms with Gasteiger partial charge in [-0.25, -0.2) is 0 Å². The van der Waals surface area contributed by atoms with Crippen molar-refractivity contribution in [3.05, 3.63) is 83.4 Å². The second-order valence-corrected chi connectivity index (χ2v) is 5.09. The number of carbonyl (C=O) groups excluding carboxylic acids is 1. The first kappa shape index (κ1) is 13.5. The molecule has 104 valence electrons. The van der Waals surface area contributed by atoms with E-state index in [2.05, 4.69) is 12.1 Å². The summed E-state index contributed by atoms with van der Waals surface area (Å²) in [6, 6.07) is 21.3. The van der Waals surface area contributed by atoms with E-state index in [0.717, 1.165) is 21.9 Å². The fourth-order valence-electron chi connectivity index (χ4n) is 2.52. The van der Waals surface area contributed by atoms with Crippen molar-refractivity contribution in [3.63, 3.8) is 0 Å². The number of Topliss-reactive ketones (excluding diaryl/α,β-unsaturated/α-hetero) is 1. The number of aliphatic hydroxyl groups excluding tert-OH is 1. The van der Waals surface area contributed by atoms with E-state index >= 15 is 0 Å². The third kappa shape index (κ3) is 2.86. The lowest BCUT2D eigenvalue weighted by atomic mass is 9.97. The van der Waals surface area contributed by atoms with Crippen molar-refractivity contribution >= 4 is 16.6 Å². The molecule has 0 aliphatic carbocycles. The lowest BCUT2D eigenvalue weighted by molar-refractivity contribution is 0.0993. The van der Waals surface area contributed by atoms with Gasteiger partial charge in [-0.3, -0.25) is 4.79 Å². The van der Waals surface area contributed by atoms with Crippen molar-refractivity contribution in [2.45, 2.75) is 13.0 Å². The van der Waals surface area contributed by atoms with Crippen molar-refractivity contribution in [1.82, 2.24) is 0 Å². The van der Waals surface area contributed by atoms with Crippen LogP contribution in [-0.2, 0) is 13.0 Å². The third-order valence-electron chi connectivity index (χ3n) is 3.69. The molecular weight excluding hydrogens is 260 g/mol. The summed E-state index contributed by atoms with van der Waals surface area (Å²) in [4.78, 5) is 12.4. The maximum absolute atomic E-state index is 12.4. The van der Waals surface area contributed by atoms with Crippen LogP contribution in [0.3, 0.4) is 0 Å². The molecule has 0 saturated heterocycles. The number of hydrogen-bond donors (Lipinski definition) is 1. The second-order valence-electron chi connectivity index (χ2n) is 5.09. The van der Waals surface area contributed by atoms with E-state index in [1.165, 1.54) is 0 Å². The Bertz CT molecular complexity index is 768. The van der Waals surface area contributed by atoms with Gasteiger partial charge in [-0.1, -0.05) is 66.7 Å². The molecule has 0 radical (unpaired) electrons. The Balaban J connectivity index is 1.89. The third-order valence-corrected chi connectivity index (χ3v) is 3.69. The minimum atomic E-state index is -0.00219. The van der Waals surface area contributed by atoms with Crippen molar-refractivity contribution in [2.75, 3.05) is 0 Å². The van der Waals surface area contributed by atoms with E-state index in [1.54, 1.807) is 24.3 Å². The number of aliphatic hydroxyl groups is 1. The van der Waals surface area contributed by atoms with Gasteiger partial charge in [-0.15, -0.1) is 0 Å². The van der Waals surface area contributed by atoms with Gasteiger partial charge in [-0.05, 0) is 21.9 Å².